The average molecular weight is 195 g/mol. The summed E-state index contributed by atoms with van der Waals surface area (Å²) in [5.74, 6) is 0. The third kappa shape index (κ3) is 4.48. The van der Waals surface area contributed by atoms with Crippen molar-refractivity contribution in [3.8, 4) is 0 Å². The van der Waals surface area contributed by atoms with Gasteiger partial charge in [-0.3, -0.25) is 4.84 Å². The molecule has 1 rings (SSSR count). The Morgan fingerprint density at radius 1 is 1.54 bits per heavy atom. The fourth-order valence-electron chi connectivity index (χ4n) is 0.643. The van der Waals surface area contributed by atoms with E-state index in [-0.39, 0.29) is 6.54 Å². The molecule has 0 spiro atoms. The number of aromatic amines is 1. The van der Waals surface area contributed by atoms with E-state index in [1.807, 2.05) is 0 Å². The molecule has 0 saturated carbocycles. The van der Waals surface area contributed by atoms with Crippen LogP contribution in [-0.4, -0.2) is 22.8 Å². The summed E-state index contributed by atoms with van der Waals surface area (Å²) in [6.45, 7) is -1.14. The molecular weight excluding hydrogens is 187 g/mol. The Morgan fingerprint density at radius 2 is 2.31 bits per heavy atom. The van der Waals surface area contributed by atoms with Crippen LogP contribution in [0.4, 0.5) is 13.2 Å². The van der Waals surface area contributed by atoms with Gasteiger partial charge in [-0.25, -0.2) is 4.98 Å². The highest BCUT2D eigenvalue weighted by Crippen LogP contribution is 2.13. The maximum Gasteiger partial charge on any atom is 0.413 e. The quantitative estimate of drug-likeness (QED) is 0.556. The van der Waals surface area contributed by atoms with Crippen molar-refractivity contribution in [3.05, 3.63) is 18.2 Å². The number of aromatic nitrogens is 2. The predicted octanol–water partition coefficient (Wildman–Crippen LogP) is 0.993. The number of halogens is 3. The lowest BCUT2D eigenvalue weighted by molar-refractivity contribution is -0.190. The number of alkyl halides is 3. The lowest BCUT2D eigenvalue weighted by atomic mass is 10.5. The first-order chi connectivity index (χ1) is 6.08. The van der Waals surface area contributed by atoms with E-state index >= 15 is 0 Å². The second-order valence-electron chi connectivity index (χ2n) is 2.30. The van der Waals surface area contributed by atoms with E-state index in [0.717, 1.165) is 0 Å². The van der Waals surface area contributed by atoms with Crippen LogP contribution in [0.15, 0.2) is 12.5 Å². The summed E-state index contributed by atoms with van der Waals surface area (Å²) in [5, 5.41) is 0. The fourth-order valence-corrected chi connectivity index (χ4v) is 0.643. The summed E-state index contributed by atoms with van der Waals surface area (Å²) in [4.78, 5) is 10.5. The van der Waals surface area contributed by atoms with Crippen molar-refractivity contribution in [1.82, 2.24) is 15.4 Å². The Hall–Kier alpha value is -1.08. The maximum absolute atomic E-state index is 11.5. The molecule has 1 heterocycles. The molecule has 4 nitrogen and oxygen atoms in total. The number of nitrogens with one attached hydrogen (secondary N) is 2. The molecule has 0 radical (unpaired) electrons. The molecule has 0 aliphatic rings. The number of hydrogen-bond donors (Lipinski definition) is 2. The first kappa shape index (κ1) is 10.0. The van der Waals surface area contributed by atoms with Crippen LogP contribution in [0.5, 0.6) is 0 Å². The Kier molecular flexibility index (Phi) is 3.26. The maximum atomic E-state index is 11.5. The van der Waals surface area contributed by atoms with Gasteiger partial charge in [0.2, 0.25) is 0 Å². The summed E-state index contributed by atoms with van der Waals surface area (Å²) in [6, 6.07) is 0. The minimum Gasteiger partial charge on any atom is -0.347 e. The third-order valence-corrected chi connectivity index (χ3v) is 1.16. The number of hydroxylamine groups is 1. The highest BCUT2D eigenvalue weighted by atomic mass is 19.4. The molecule has 0 aliphatic carbocycles. The van der Waals surface area contributed by atoms with E-state index in [2.05, 4.69) is 20.3 Å². The monoisotopic (exact) mass is 195 g/mol. The fraction of sp³-hybridized carbons (Fsp3) is 0.500. The van der Waals surface area contributed by atoms with Crippen molar-refractivity contribution in [2.24, 2.45) is 0 Å². The van der Waals surface area contributed by atoms with Gasteiger partial charge in [-0.1, -0.05) is 0 Å². The number of hydrogen-bond acceptors (Lipinski definition) is 3. The van der Waals surface area contributed by atoms with Crippen molar-refractivity contribution < 1.29 is 18.0 Å². The molecule has 0 fully saturated rings. The van der Waals surface area contributed by atoms with E-state index in [1.54, 1.807) is 0 Å². The van der Waals surface area contributed by atoms with Crippen LogP contribution in [0, 0.1) is 0 Å². The molecule has 74 valence electrons. The summed E-state index contributed by atoms with van der Waals surface area (Å²) in [5.41, 5.74) is 2.81. The zero-order valence-electron chi connectivity index (χ0n) is 6.56. The minimum atomic E-state index is -4.30. The normalized spacial score (nSPS) is 11.9. The Balaban J connectivity index is 2.09. The standard InChI is InChI=1S/C6H8F3N3O/c7-6(8,9)3-13-12-2-5-1-10-4-11-5/h1,4,12H,2-3H2,(H,10,11). The predicted molar refractivity (Wildman–Crippen MR) is 37.4 cm³/mol. The van der Waals surface area contributed by atoms with Crippen LogP contribution in [0.1, 0.15) is 5.69 Å². The van der Waals surface area contributed by atoms with Gasteiger partial charge in [-0.2, -0.15) is 18.7 Å². The lowest BCUT2D eigenvalue weighted by Crippen LogP contribution is -2.24. The summed E-state index contributed by atoms with van der Waals surface area (Å²) in [6.07, 6.45) is -1.38. The van der Waals surface area contributed by atoms with E-state index in [9.17, 15) is 13.2 Å². The van der Waals surface area contributed by atoms with Gasteiger partial charge >= 0.3 is 6.18 Å². The summed E-state index contributed by atoms with van der Waals surface area (Å²) < 4.78 is 34.6. The van der Waals surface area contributed by atoms with Crippen molar-refractivity contribution in [3.63, 3.8) is 0 Å². The molecular formula is C6H8F3N3O. The second kappa shape index (κ2) is 4.24. The van der Waals surface area contributed by atoms with Gasteiger partial charge in [-0.05, 0) is 0 Å². The van der Waals surface area contributed by atoms with Crippen molar-refractivity contribution >= 4 is 0 Å². The van der Waals surface area contributed by atoms with Crippen molar-refractivity contribution in [2.75, 3.05) is 6.61 Å². The molecule has 2 N–H and O–H groups in total. The highest BCUT2D eigenvalue weighted by Gasteiger charge is 2.27. The number of nitrogens with zero attached hydrogens (tertiary/aromatic N) is 1. The average Bonchev–Trinajstić information content (AvgIpc) is 2.48. The smallest absolute Gasteiger partial charge is 0.347 e. The molecule has 0 amide bonds. The number of H-pyrrole nitrogens is 1. The Labute approximate surface area is 72.1 Å². The van der Waals surface area contributed by atoms with E-state index in [0.29, 0.717) is 5.69 Å². The van der Waals surface area contributed by atoms with E-state index < -0.39 is 12.8 Å². The van der Waals surface area contributed by atoms with E-state index in [1.165, 1.54) is 12.5 Å². The molecule has 1 aromatic heterocycles. The number of imidazole rings is 1. The Bertz CT molecular complexity index is 234. The van der Waals surface area contributed by atoms with Gasteiger partial charge in [0, 0.05) is 6.20 Å². The van der Waals surface area contributed by atoms with Crippen LogP contribution in [0.25, 0.3) is 0 Å². The second-order valence-corrected chi connectivity index (χ2v) is 2.30. The highest BCUT2D eigenvalue weighted by molar-refractivity contribution is 4.92. The summed E-state index contributed by atoms with van der Waals surface area (Å²) in [7, 11) is 0. The molecule has 0 unspecified atom stereocenters. The van der Waals surface area contributed by atoms with Gasteiger partial charge in [0.15, 0.2) is 6.61 Å². The number of rotatable bonds is 4. The van der Waals surface area contributed by atoms with Crippen LogP contribution in [-0.2, 0) is 11.4 Å². The van der Waals surface area contributed by atoms with Gasteiger partial charge in [0.05, 0.1) is 18.6 Å². The molecule has 1 aromatic rings. The molecule has 0 saturated heterocycles. The lowest BCUT2D eigenvalue weighted by Gasteiger charge is -2.06. The zero-order chi connectivity index (χ0) is 9.73. The van der Waals surface area contributed by atoms with Crippen molar-refractivity contribution in [1.29, 1.82) is 0 Å². The van der Waals surface area contributed by atoms with Crippen LogP contribution in [0.2, 0.25) is 0 Å². The molecule has 0 atom stereocenters. The molecule has 0 bridgehead atoms. The van der Waals surface area contributed by atoms with Gasteiger partial charge < -0.3 is 4.98 Å². The topological polar surface area (TPSA) is 49.9 Å². The van der Waals surface area contributed by atoms with Crippen LogP contribution >= 0.6 is 0 Å². The van der Waals surface area contributed by atoms with Crippen LogP contribution < -0.4 is 5.48 Å². The Morgan fingerprint density at radius 3 is 2.85 bits per heavy atom. The zero-order valence-corrected chi connectivity index (χ0v) is 6.56. The largest absolute Gasteiger partial charge is 0.413 e. The van der Waals surface area contributed by atoms with Gasteiger partial charge in [0.1, 0.15) is 0 Å². The summed E-state index contributed by atoms with van der Waals surface area (Å²) >= 11 is 0. The third-order valence-electron chi connectivity index (χ3n) is 1.16. The first-order valence-corrected chi connectivity index (χ1v) is 3.46. The first-order valence-electron chi connectivity index (χ1n) is 3.46. The van der Waals surface area contributed by atoms with Gasteiger partial charge in [0.25, 0.3) is 0 Å². The van der Waals surface area contributed by atoms with Crippen LogP contribution in [0.3, 0.4) is 0 Å². The SMILES string of the molecule is FC(F)(F)CONCc1cnc[nH]1. The van der Waals surface area contributed by atoms with Crippen molar-refractivity contribution in [2.45, 2.75) is 12.7 Å². The molecule has 7 heteroatoms. The molecule has 13 heavy (non-hydrogen) atoms. The minimum absolute atomic E-state index is 0.163. The van der Waals surface area contributed by atoms with Gasteiger partial charge in [-0.15, -0.1) is 0 Å². The van der Waals surface area contributed by atoms with E-state index in [4.69, 9.17) is 0 Å². The molecule has 0 aromatic carbocycles. The molecule has 0 aliphatic heterocycles.